The molecule has 1 saturated heterocycles. The van der Waals surface area contributed by atoms with Crippen molar-refractivity contribution < 1.29 is 18.3 Å². The molecule has 0 radical (unpaired) electrons. The Balaban J connectivity index is 1.63. The number of rotatable bonds is 9. The minimum Gasteiger partial charge on any atom is -0.395 e. The summed E-state index contributed by atoms with van der Waals surface area (Å²) in [5.74, 6) is -0.521. The van der Waals surface area contributed by atoms with E-state index in [9.17, 15) is 18.5 Å². The molecule has 0 unspecified atom stereocenters. The van der Waals surface area contributed by atoms with Gasteiger partial charge in [-0.3, -0.25) is 4.79 Å². The van der Waals surface area contributed by atoms with Crippen LogP contribution in [-0.4, -0.2) is 51.7 Å². The molecule has 2 aromatic carbocycles. The molecule has 170 valence electrons. The Hall–Kier alpha value is -2.77. The number of carbonyl (C=O) groups is 1. The summed E-state index contributed by atoms with van der Waals surface area (Å²) < 4.78 is 26.5. The molecule has 0 spiro atoms. The van der Waals surface area contributed by atoms with Gasteiger partial charge in [0.25, 0.3) is 0 Å². The Bertz CT molecular complexity index is 1040. The maximum atomic E-state index is 12.3. The smallest absolute Gasteiger partial charge is 0.240 e. The van der Waals surface area contributed by atoms with Gasteiger partial charge in [-0.2, -0.15) is 5.26 Å². The molecular weight excluding hydrogens is 428 g/mol. The lowest BCUT2D eigenvalue weighted by atomic mass is 9.97. The van der Waals surface area contributed by atoms with E-state index in [0.29, 0.717) is 0 Å². The molecule has 3 rings (SSSR count). The molecule has 1 fully saturated rings. The molecule has 1 aliphatic heterocycles. The van der Waals surface area contributed by atoms with Gasteiger partial charge < -0.3 is 15.7 Å². The molecule has 1 aliphatic rings. The largest absolute Gasteiger partial charge is 0.395 e. The Labute approximate surface area is 188 Å². The van der Waals surface area contributed by atoms with E-state index in [1.807, 2.05) is 24.3 Å². The van der Waals surface area contributed by atoms with Crippen LogP contribution in [0.3, 0.4) is 0 Å². The van der Waals surface area contributed by atoms with Gasteiger partial charge in [0.15, 0.2) is 0 Å². The standard InChI is InChI=1S/C23H28N4O4S/c24-15-20(16-26-23(29)22-3-1-2-12-25-22)19-6-4-17(5-7-19)18-8-10-21(11-9-18)32(30,31)27-13-14-28/h4-11,20,22,25,27-28H,1-3,12-14,16H2,(H,26,29)/t20-,22-/m0/s1. The maximum Gasteiger partial charge on any atom is 0.240 e. The highest BCUT2D eigenvalue weighted by atomic mass is 32.2. The van der Waals surface area contributed by atoms with Crippen molar-refractivity contribution in [2.24, 2.45) is 0 Å². The van der Waals surface area contributed by atoms with Crippen LogP contribution in [0.25, 0.3) is 11.1 Å². The predicted octanol–water partition coefficient (Wildman–Crippen LogP) is 1.49. The van der Waals surface area contributed by atoms with E-state index in [0.717, 1.165) is 42.5 Å². The first-order chi connectivity index (χ1) is 15.4. The number of nitrogens with one attached hydrogen (secondary N) is 3. The number of carbonyl (C=O) groups excluding carboxylic acids is 1. The average molecular weight is 457 g/mol. The third-order valence-corrected chi connectivity index (χ3v) is 6.95. The van der Waals surface area contributed by atoms with Gasteiger partial charge in [0.2, 0.25) is 15.9 Å². The Morgan fingerprint density at radius 1 is 1.12 bits per heavy atom. The van der Waals surface area contributed by atoms with Crippen molar-refractivity contribution in [2.75, 3.05) is 26.2 Å². The molecule has 2 aromatic rings. The van der Waals surface area contributed by atoms with Crippen LogP contribution >= 0.6 is 0 Å². The van der Waals surface area contributed by atoms with Crippen LogP contribution in [0.5, 0.6) is 0 Å². The first kappa shape index (κ1) is 23.9. The van der Waals surface area contributed by atoms with Crippen molar-refractivity contribution in [1.82, 2.24) is 15.4 Å². The molecule has 32 heavy (non-hydrogen) atoms. The van der Waals surface area contributed by atoms with Gasteiger partial charge in [-0.25, -0.2) is 13.1 Å². The lowest BCUT2D eigenvalue weighted by molar-refractivity contribution is -0.123. The average Bonchev–Trinajstić information content (AvgIpc) is 2.84. The summed E-state index contributed by atoms with van der Waals surface area (Å²) >= 11 is 0. The number of sulfonamides is 1. The van der Waals surface area contributed by atoms with Crippen LogP contribution in [0.2, 0.25) is 0 Å². The van der Waals surface area contributed by atoms with Gasteiger partial charge in [-0.05, 0) is 48.2 Å². The zero-order chi connectivity index (χ0) is 23.0. The summed E-state index contributed by atoms with van der Waals surface area (Å²) in [7, 11) is -3.65. The highest BCUT2D eigenvalue weighted by molar-refractivity contribution is 7.89. The van der Waals surface area contributed by atoms with Crippen LogP contribution in [0.15, 0.2) is 53.4 Å². The van der Waals surface area contributed by atoms with E-state index in [2.05, 4.69) is 21.4 Å². The van der Waals surface area contributed by atoms with Crippen molar-refractivity contribution in [3.8, 4) is 17.2 Å². The fourth-order valence-corrected chi connectivity index (χ4v) is 4.66. The number of hydrogen-bond donors (Lipinski definition) is 4. The number of piperidine rings is 1. The normalized spacial score (nSPS) is 17.3. The topological polar surface area (TPSA) is 131 Å². The number of nitriles is 1. The summed E-state index contributed by atoms with van der Waals surface area (Å²) in [6.45, 7) is 0.783. The minimum atomic E-state index is -3.65. The lowest BCUT2D eigenvalue weighted by Gasteiger charge is -2.23. The highest BCUT2D eigenvalue weighted by Gasteiger charge is 2.21. The molecule has 0 saturated carbocycles. The summed E-state index contributed by atoms with van der Waals surface area (Å²) in [4.78, 5) is 12.4. The minimum absolute atomic E-state index is 0.0385. The molecule has 4 N–H and O–H groups in total. The number of nitrogens with zero attached hydrogens (tertiary/aromatic N) is 1. The third-order valence-electron chi connectivity index (χ3n) is 5.48. The molecule has 1 heterocycles. The lowest BCUT2D eigenvalue weighted by Crippen LogP contribution is -2.47. The van der Waals surface area contributed by atoms with E-state index >= 15 is 0 Å². The zero-order valence-electron chi connectivity index (χ0n) is 17.8. The fourth-order valence-electron chi connectivity index (χ4n) is 3.64. The SMILES string of the molecule is N#C[C@@H](CNC(=O)[C@@H]1CCCCN1)c1ccc(-c2ccc(S(=O)(=O)NCCO)cc2)cc1. The van der Waals surface area contributed by atoms with E-state index in [-0.39, 0.29) is 36.5 Å². The van der Waals surface area contributed by atoms with Gasteiger partial charge in [-0.15, -0.1) is 0 Å². The second-order valence-corrected chi connectivity index (χ2v) is 9.46. The molecule has 8 nitrogen and oxygen atoms in total. The van der Waals surface area contributed by atoms with Crippen molar-refractivity contribution in [1.29, 1.82) is 5.26 Å². The van der Waals surface area contributed by atoms with E-state index < -0.39 is 15.9 Å². The quantitative estimate of drug-likeness (QED) is 0.452. The summed E-state index contributed by atoms with van der Waals surface area (Å²) in [6.07, 6.45) is 2.92. The fraction of sp³-hybridized carbons (Fsp3) is 0.391. The van der Waals surface area contributed by atoms with Gasteiger partial charge >= 0.3 is 0 Å². The Kier molecular flexibility index (Phi) is 8.36. The number of amides is 1. The summed E-state index contributed by atoms with van der Waals surface area (Å²) in [5, 5.41) is 24.4. The van der Waals surface area contributed by atoms with Crippen molar-refractivity contribution in [2.45, 2.75) is 36.1 Å². The molecule has 0 aliphatic carbocycles. The summed E-state index contributed by atoms with van der Waals surface area (Å²) in [6, 6.07) is 15.9. The van der Waals surface area contributed by atoms with Crippen LogP contribution in [-0.2, 0) is 14.8 Å². The van der Waals surface area contributed by atoms with Gasteiger partial charge in [0, 0.05) is 13.1 Å². The molecule has 9 heteroatoms. The van der Waals surface area contributed by atoms with Gasteiger partial charge in [-0.1, -0.05) is 42.8 Å². The Morgan fingerprint density at radius 2 is 1.78 bits per heavy atom. The van der Waals surface area contributed by atoms with E-state index in [1.165, 1.54) is 12.1 Å². The number of aliphatic hydroxyl groups is 1. The van der Waals surface area contributed by atoms with Crippen molar-refractivity contribution in [3.63, 3.8) is 0 Å². The third kappa shape index (κ3) is 6.14. The van der Waals surface area contributed by atoms with E-state index in [4.69, 9.17) is 5.11 Å². The second kappa shape index (κ2) is 11.2. The molecular formula is C23H28N4O4S. The van der Waals surface area contributed by atoms with Crippen LogP contribution in [0.1, 0.15) is 30.7 Å². The summed E-state index contributed by atoms with van der Waals surface area (Å²) in [5.41, 5.74) is 2.52. The number of aliphatic hydroxyl groups excluding tert-OH is 1. The monoisotopic (exact) mass is 456 g/mol. The first-order valence-corrected chi connectivity index (χ1v) is 12.1. The maximum absolute atomic E-state index is 12.3. The first-order valence-electron chi connectivity index (χ1n) is 10.7. The van der Waals surface area contributed by atoms with Gasteiger partial charge in [0.05, 0.1) is 29.5 Å². The molecule has 0 aromatic heterocycles. The van der Waals surface area contributed by atoms with E-state index in [1.54, 1.807) is 12.1 Å². The predicted molar refractivity (Wildman–Crippen MR) is 121 cm³/mol. The van der Waals surface area contributed by atoms with Crippen molar-refractivity contribution >= 4 is 15.9 Å². The highest BCUT2D eigenvalue weighted by Crippen LogP contribution is 2.24. The van der Waals surface area contributed by atoms with Crippen LogP contribution < -0.4 is 15.4 Å². The second-order valence-electron chi connectivity index (χ2n) is 7.70. The van der Waals surface area contributed by atoms with Crippen LogP contribution in [0, 0.1) is 11.3 Å². The zero-order valence-corrected chi connectivity index (χ0v) is 18.6. The molecule has 1 amide bonds. The molecule has 0 bridgehead atoms. The van der Waals surface area contributed by atoms with Gasteiger partial charge in [0.1, 0.15) is 0 Å². The number of benzene rings is 2. The molecule has 2 atom stereocenters. The Morgan fingerprint density at radius 3 is 2.34 bits per heavy atom. The number of hydrogen-bond acceptors (Lipinski definition) is 6. The van der Waals surface area contributed by atoms with Crippen LogP contribution in [0.4, 0.5) is 0 Å². The van der Waals surface area contributed by atoms with Crippen molar-refractivity contribution in [3.05, 3.63) is 54.1 Å².